The topological polar surface area (TPSA) is 95.9 Å². The lowest BCUT2D eigenvalue weighted by Gasteiger charge is -2.30. The summed E-state index contributed by atoms with van der Waals surface area (Å²) in [5.41, 5.74) is 1.57. The Labute approximate surface area is 202 Å². The van der Waals surface area contributed by atoms with Gasteiger partial charge in [0.05, 0.1) is 4.90 Å². The van der Waals surface area contributed by atoms with E-state index in [4.69, 9.17) is 0 Å². The molecule has 1 aliphatic carbocycles. The number of carbonyl (C=O) groups excluding carboxylic acids is 2. The fraction of sp³-hybridized carbons (Fsp3) is 0.375. The van der Waals surface area contributed by atoms with Gasteiger partial charge in [-0.25, -0.2) is 4.39 Å². The fourth-order valence-corrected chi connectivity index (χ4v) is 6.60. The number of nitrogens with one attached hydrogen (secondary N) is 1. The van der Waals surface area contributed by atoms with Gasteiger partial charge in [-0.3, -0.25) is 14.5 Å². The first kappa shape index (κ1) is 24.4. The number of sulfonamides is 1. The van der Waals surface area contributed by atoms with Crippen LogP contribution < -0.4 is 5.32 Å². The molecule has 1 unspecified atom stereocenters. The molecule has 0 bridgehead atoms. The molecular formula is C24H26FN3O4S2. The van der Waals surface area contributed by atoms with Crippen molar-refractivity contribution in [3.05, 3.63) is 59.9 Å². The number of nitrogens with zero attached hydrogens (tertiary/aromatic N) is 2. The van der Waals surface area contributed by atoms with E-state index in [1.807, 2.05) is 25.1 Å². The largest absolute Gasteiger partial charge is 0.326 e. The summed E-state index contributed by atoms with van der Waals surface area (Å²) in [6.07, 6.45) is 4.35. The van der Waals surface area contributed by atoms with Gasteiger partial charge in [0.25, 0.3) is 10.0 Å². The molecule has 180 valence electrons. The van der Waals surface area contributed by atoms with Gasteiger partial charge in [-0.05, 0) is 55.7 Å². The maximum Gasteiger partial charge on any atom is 0.284 e. The second-order valence-electron chi connectivity index (χ2n) is 8.48. The molecule has 1 atom stereocenters. The van der Waals surface area contributed by atoms with Crippen molar-refractivity contribution < 1.29 is 22.4 Å². The van der Waals surface area contributed by atoms with Crippen molar-refractivity contribution in [3.63, 3.8) is 0 Å². The molecule has 1 saturated heterocycles. The van der Waals surface area contributed by atoms with Crippen LogP contribution in [-0.2, 0) is 19.6 Å². The first-order chi connectivity index (χ1) is 16.2. The Bertz CT molecular complexity index is 1210. The van der Waals surface area contributed by atoms with Crippen LogP contribution >= 0.6 is 11.8 Å². The molecule has 1 heterocycles. The van der Waals surface area contributed by atoms with Crippen LogP contribution in [0.2, 0.25) is 0 Å². The standard InChI is InChI=1S/C24H26FN3O4S2/c1-16-7-5-6-10-20(16)26-22(29)15-21-23(30)28(18-8-3-2-4-9-18)24(33-21)27-34(31,32)19-13-11-17(25)12-14-19/h5-7,10-14,18,21H,2-4,8-9,15H2,1H3,(H,26,29)/b27-24+. The minimum atomic E-state index is -4.16. The van der Waals surface area contributed by atoms with Crippen molar-refractivity contribution in [2.75, 3.05) is 5.32 Å². The lowest BCUT2D eigenvalue weighted by Crippen LogP contribution is -2.42. The van der Waals surface area contributed by atoms with Crippen molar-refractivity contribution in [1.29, 1.82) is 0 Å². The second kappa shape index (κ2) is 10.3. The molecule has 10 heteroatoms. The van der Waals surface area contributed by atoms with Crippen molar-refractivity contribution in [2.24, 2.45) is 4.40 Å². The maximum absolute atomic E-state index is 13.3. The van der Waals surface area contributed by atoms with E-state index in [1.54, 1.807) is 6.07 Å². The van der Waals surface area contributed by atoms with Crippen molar-refractivity contribution in [2.45, 2.75) is 61.6 Å². The average Bonchev–Trinajstić information content (AvgIpc) is 3.10. The zero-order chi connectivity index (χ0) is 24.3. The number of aryl methyl sites for hydroxylation is 1. The average molecular weight is 504 g/mol. The summed E-state index contributed by atoms with van der Waals surface area (Å²) < 4.78 is 43.0. The molecule has 2 amide bonds. The van der Waals surface area contributed by atoms with Crippen LogP contribution in [0.25, 0.3) is 0 Å². The van der Waals surface area contributed by atoms with E-state index in [9.17, 15) is 22.4 Å². The summed E-state index contributed by atoms with van der Waals surface area (Å²) in [5, 5.41) is 2.14. The van der Waals surface area contributed by atoms with Crippen molar-refractivity contribution in [1.82, 2.24) is 4.90 Å². The molecule has 7 nitrogen and oxygen atoms in total. The number of carbonyl (C=O) groups is 2. The smallest absolute Gasteiger partial charge is 0.284 e. The number of rotatable bonds is 6. The molecule has 1 aliphatic heterocycles. The third-order valence-electron chi connectivity index (χ3n) is 6.01. The molecule has 2 aromatic rings. The van der Waals surface area contributed by atoms with Gasteiger partial charge in [-0.15, -0.1) is 4.40 Å². The third-order valence-corrected chi connectivity index (χ3v) is 8.55. The first-order valence-corrected chi connectivity index (χ1v) is 13.5. The zero-order valence-electron chi connectivity index (χ0n) is 18.7. The van der Waals surface area contributed by atoms with Crippen LogP contribution in [-0.4, -0.2) is 41.6 Å². The van der Waals surface area contributed by atoms with Gasteiger partial charge in [-0.2, -0.15) is 8.42 Å². The molecule has 2 aliphatic rings. The number of thioether (sulfide) groups is 1. The number of amides is 2. The molecule has 0 radical (unpaired) electrons. The predicted molar refractivity (Wildman–Crippen MR) is 131 cm³/mol. The highest BCUT2D eigenvalue weighted by molar-refractivity contribution is 8.16. The van der Waals surface area contributed by atoms with E-state index in [1.165, 1.54) is 4.90 Å². The van der Waals surface area contributed by atoms with E-state index >= 15 is 0 Å². The van der Waals surface area contributed by atoms with E-state index in [-0.39, 0.29) is 34.3 Å². The summed E-state index contributed by atoms with van der Waals surface area (Å²) >= 11 is 1.00. The van der Waals surface area contributed by atoms with Gasteiger partial charge >= 0.3 is 0 Å². The lowest BCUT2D eigenvalue weighted by atomic mass is 9.94. The number of anilines is 1. The summed E-state index contributed by atoms with van der Waals surface area (Å²) in [6, 6.07) is 11.6. The quantitative estimate of drug-likeness (QED) is 0.627. The molecule has 1 N–H and O–H groups in total. The Hall–Kier alpha value is -2.72. The molecule has 4 rings (SSSR count). The molecule has 34 heavy (non-hydrogen) atoms. The summed E-state index contributed by atoms with van der Waals surface area (Å²) in [7, 11) is -4.16. The monoisotopic (exact) mass is 503 g/mol. The highest BCUT2D eigenvalue weighted by Gasteiger charge is 2.43. The number of para-hydroxylation sites is 1. The molecular weight excluding hydrogens is 477 g/mol. The van der Waals surface area contributed by atoms with Gasteiger partial charge in [0.15, 0.2) is 5.17 Å². The minimum Gasteiger partial charge on any atom is -0.326 e. The van der Waals surface area contributed by atoms with Gasteiger partial charge in [0.1, 0.15) is 11.1 Å². The lowest BCUT2D eigenvalue weighted by molar-refractivity contribution is -0.130. The normalized spacial score (nSPS) is 20.6. The van der Waals surface area contributed by atoms with Gasteiger partial charge in [-0.1, -0.05) is 49.2 Å². The minimum absolute atomic E-state index is 0.0786. The number of amidine groups is 1. The number of halogens is 1. The van der Waals surface area contributed by atoms with Gasteiger partial charge < -0.3 is 5.32 Å². The SMILES string of the molecule is Cc1ccccc1NC(=O)CC1S/C(=N/S(=O)(=O)c2ccc(F)cc2)N(C2CCCCC2)C1=O. The van der Waals surface area contributed by atoms with Crippen LogP contribution in [0.3, 0.4) is 0 Å². The molecule has 2 fully saturated rings. The van der Waals surface area contributed by atoms with Gasteiger partial charge in [0, 0.05) is 18.2 Å². The highest BCUT2D eigenvalue weighted by atomic mass is 32.2. The molecule has 1 saturated carbocycles. The van der Waals surface area contributed by atoms with Crippen molar-refractivity contribution in [3.8, 4) is 0 Å². The summed E-state index contributed by atoms with van der Waals surface area (Å²) in [5.74, 6) is -1.18. The summed E-state index contributed by atoms with van der Waals surface area (Å²) in [4.78, 5) is 27.4. The van der Waals surface area contributed by atoms with Crippen LogP contribution in [0.1, 0.15) is 44.1 Å². The van der Waals surface area contributed by atoms with E-state index in [2.05, 4.69) is 9.71 Å². The number of benzene rings is 2. The van der Waals surface area contributed by atoms with Crippen LogP contribution in [0.15, 0.2) is 57.8 Å². The number of hydrogen-bond acceptors (Lipinski definition) is 5. The number of hydrogen-bond donors (Lipinski definition) is 1. The van der Waals surface area contributed by atoms with Gasteiger partial charge in [0.2, 0.25) is 11.8 Å². The molecule has 0 spiro atoms. The molecule has 2 aromatic carbocycles. The zero-order valence-corrected chi connectivity index (χ0v) is 20.4. The highest BCUT2D eigenvalue weighted by Crippen LogP contribution is 2.36. The Morgan fingerprint density at radius 1 is 1.12 bits per heavy atom. The van der Waals surface area contributed by atoms with Crippen LogP contribution in [0.5, 0.6) is 0 Å². The summed E-state index contributed by atoms with van der Waals surface area (Å²) in [6.45, 7) is 1.88. The van der Waals surface area contributed by atoms with Crippen LogP contribution in [0, 0.1) is 12.7 Å². The first-order valence-electron chi connectivity index (χ1n) is 11.2. The van der Waals surface area contributed by atoms with E-state index in [0.717, 1.165) is 73.7 Å². The second-order valence-corrected chi connectivity index (χ2v) is 11.3. The Balaban J connectivity index is 1.58. The fourth-order valence-electron chi connectivity index (χ4n) is 4.20. The van der Waals surface area contributed by atoms with E-state index in [0.29, 0.717) is 5.69 Å². The van der Waals surface area contributed by atoms with E-state index < -0.39 is 21.1 Å². The third kappa shape index (κ3) is 5.50. The predicted octanol–water partition coefficient (Wildman–Crippen LogP) is 4.48. The van der Waals surface area contributed by atoms with Crippen LogP contribution in [0.4, 0.5) is 10.1 Å². The Morgan fingerprint density at radius 3 is 2.47 bits per heavy atom. The Morgan fingerprint density at radius 2 is 1.79 bits per heavy atom. The maximum atomic E-state index is 13.3. The Kier molecular flexibility index (Phi) is 7.37. The molecule has 0 aromatic heterocycles. The van der Waals surface area contributed by atoms with Crippen molar-refractivity contribution >= 4 is 44.5 Å².